The molecule has 1 aliphatic heterocycles. The molecular weight excluding hydrogens is 396 g/mol. The fraction of sp³-hybridized carbons (Fsp3) is 0.321. The zero-order valence-electron chi connectivity index (χ0n) is 19.2. The highest BCUT2D eigenvalue weighted by Gasteiger charge is 2.25. The number of benzene rings is 2. The molecule has 1 aliphatic rings. The van der Waals surface area contributed by atoms with Crippen LogP contribution in [0.1, 0.15) is 53.7 Å². The van der Waals surface area contributed by atoms with Crippen molar-refractivity contribution in [3.8, 4) is 0 Å². The minimum atomic E-state index is 0.177. The van der Waals surface area contributed by atoms with E-state index in [9.17, 15) is 4.79 Å². The molecule has 4 nitrogen and oxygen atoms in total. The summed E-state index contributed by atoms with van der Waals surface area (Å²) in [6.45, 7) is 12.8. The highest BCUT2D eigenvalue weighted by molar-refractivity contribution is 6.02. The summed E-state index contributed by atoms with van der Waals surface area (Å²) in [6.07, 6.45) is 6.86. The highest BCUT2D eigenvalue weighted by Crippen LogP contribution is 2.29. The van der Waals surface area contributed by atoms with Crippen LogP contribution in [-0.2, 0) is 12.8 Å². The standard InChI is InChI=1S/C26H30N2O.C2H4O/c1-4-21-15-25-23(24(17-27-25)18(2)3)16-22(21)26(29)28-12-10-20(11-13-28)14-19-8-6-5-7-9-19;1-2-3/h5-9,15-17,20,27H,2,4,10-14H2,1,3H3;2-3H,1H2. The Bertz CT molecular complexity index is 1070. The molecule has 1 saturated heterocycles. The lowest BCUT2D eigenvalue weighted by Gasteiger charge is -2.32. The summed E-state index contributed by atoms with van der Waals surface area (Å²) in [5.74, 6) is 0.838. The number of piperidine rings is 1. The molecule has 3 aromatic rings. The number of carbonyl (C=O) groups excluding carboxylic acids is 1. The van der Waals surface area contributed by atoms with E-state index in [1.165, 1.54) is 5.56 Å². The highest BCUT2D eigenvalue weighted by atomic mass is 16.2. The molecular formula is C28H34N2O2. The van der Waals surface area contributed by atoms with E-state index in [0.717, 1.165) is 78.2 Å². The van der Waals surface area contributed by atoms with Gasteiger partial charge in [-0.05, 0) is 67.4 Å². The van der Waals surface area contributed by atoms with Crippen LogP contribution in [0.15, 0.2) is 68.1 Å². The summed E-state index contributed by atoms with van der Waals surface area (Å²) in [5.41, 5.74) is 6.56. The summed E-state index contributed by atoms with van der Waals surface area (Å²) in [5, 5.41) is 8.43. The smallest absolute Gasteiger partial charge is 0.254 e. The van der Waals surface area contributed by atoms with Gasteiger partial charge in [-0.2, -0.15) is 0 Å². The Labute approximate surface area is 191 Å². The number of rotatable bonds is 5. The van der Waals surface area contributed by atoms with Crippen molar-refractivity contribution < 1.29 is 9.90 Å². The van der Waals surface area contributed by atoms with Gasteiger partial charge in [0, 0.05) is 41.3 Å². The molecule has 1 aromatic heterocycles. The lowest BCUT2D eigenvalue weighted by Crippen LogP contribution is -2.39. The van der Waals surface area contributed by atoms with Crippen LogP contribution in [0.4, 0.5) is 0 Å². The summed E-state index contributed by atoms with van der Waals surface area (Å²) in [6, 6.07) is 14.9. The van der Waals surface area contributed by atoms with Gasteiger partial charge in [0.15, 0.2) is 0 Å². The number of carbonyl (C=O) groups is 1. The quantitative estimate of drug-likeness (QED) is 0.451. The first-order chi connectivity index (χ1) is 15.5. The van der Waals surface area contributed by atoms with Crippen LogP contribution in [0.5, 0.6) is 0 Å². The van der Waals surface area contributed by atoms with Gasteiger partial charge in [-0.1, -0.05) is 50.4 Å². The van der Waals surface area contributed by atoms with Crippen LogP contribution >= 0.6 is 0 Å². The first-order valence-corrected chi connectivity index (χ1v) is 11.4. The lowest BCUT2D eigenvalue weighted by atomic mass is 9.89. The van der Waals surface area contributed by atoms with Crippen LogP contribution in [0.3, 0.4) is 0 Å². The van der Waals surface area contributed by atoms with Gasteiger partial charge >= 0.3 is 0 Å². The van der Waals surface area contributed by atoms with E-state index in [4.69, 9.17) is 5.11 Å². The average Bonchev–Trinajstić information content (AvgIpc) is 3.23. The molecule has 0 aliphatic carbocycles. The van der Waals surface area contributed by atoms with Gasteiger partial charge in [0.1, 0.15) is 0 Å². The zero-order valence-corrected chi connectivity index (χ0v) is 19.2. The van der Waals surface area contributed by atoms with Crippen molar-refractivity contribution in [2.24, 2.45) is 5.92 Å². The number of nitrogens with zero attached hydrogens (tertiary/aromatic N) is 1. The molecule has 0 radical (unpaired) electrons. The second-order valence-corrected chi connectivity index (χ2v) is 8.50. The van der Waals surface area contributed by atoms with Crippen LogP contribution in [-0.4, -0.2) is 34.0 Å². The molecule has 0 atom stereocenters. The van der Waals surface area contributed by atoms with Gasteiger partial charge in [-0.25, -0.2) is 0 Å². The van der Waals surface area contributed by atoms with Gasteiger partial charge in [0.25, 0.3) is 5.91 Å². The lowest BCUT2D eigenvalue weighted by molar-refractivity contribution is 0.0689. The molecule has 4 heteroatoms. The van der Waals surface area contributed by atoms with E-state index in [1.54, 1.807) is 0 Å². The number of H-pyrrole nitrogens is 1. The third-order valence-corrected chi connectivity index (χ3v) is 6.25. The summed E-state index contributed by atoms with van der Waals surface area (Å²) >= 11 is 0. The maximum Gasteiger partial charge on any atom is 0.254 e. The van der Waals surface area contributed by atoms with E-state index in [-0.39, 0.29) is 5.91 Å². The van der Waals surface area contributed by atoms with Crippen molar-refractivity contribution in [3.63, 3.8) is 0 Å². The number of aryl methyl sites for hydroxylation is 1. The SMILES string of the molecule is C=C(C)c1c[nH]c2cc(CC)c(C(=O)N3CCC(Cc4ccccc4)CC3)cc12.C=CO. The molecule has 1 fully saturated rings. The van der Waals surface area contributed by atoms with E-state index in [2.05, 4.69) is 72.4 Å². The van der Waals surface area contributed by atoms with Gasteiger partial charge < -0.3 is 15.0 Å². The molecule has 32 heavy (non-hydrogen) atoms. The number of fused-ring (bicyclic) bond motifs is 1. The summed E-state index contributed by atoms with van der Waals surface area (Å²) in [7, 11) is 0. The number of aliphatic hydroxyl groups is 1. The third kappa shape index (κ3) is 5.31. The van der Waals surface area contributed by atoms with Crippen LogP contribution in [0, 0.1) is 5.92 Å². The number of nitrogens with one attached hydrogen (secondary N) is 1. The second-order valence-electron chi connectivity index (χ2n) is 8.50. The molecule has 2 aromatic carbocycles. The number of amides is 1. The van der Waals surface area contributed by atoms with E-state index in [0.29, 0.717) is 5.92 Å². The van der Waals surface area contributed by atoms with Gasteiger partial charge in [-0.3, -0.25) is 4.79 Å². The topological polar surface area (TPSA) is 56.3 Å². The second kappa shape index (κ2) is 10.9. The number of aromatic nitrogens is 1. The van der Waals surface area contributed by atoms with Crippen molar-refractivity contribution in [3.05, 3.63) is 90.3 Å². The Balaban J connectivity index is 0.000000913. The maximum absolute atomic E-state index is 13.4. The van der Waals surface area contributed by atoms with Crippen LogP contribution in [0.25, 0.3) is 16.5 Å². The number of allylic oxidation sites excluding steroid dienone is 1. The molecule has 0 unspecified atom stereocenters. The minimum Gasteiger partial charge on any atom is -0.516 e. The van der Waals surface area contributed by atoms with Crippen LogP contribution in [0.2, 0.25) is 0 Å². The summed E-state index contributed by atoms with van der Waals surface area (Å²) in [4.78, 5) is 18.8. The third-order valence-electron chi connectivity index (χ3n) is 6.25. The number of aliphatic hydroxyl groups excluding tert-OH is 1. The first kappa shape index (κ1) is 23.4. The Morgan fingerprint density at radius 3 is 2.44 bits per heavy atom. The zero-order chi connectivity index (χ0) is 23.1. The Kier molecular flexibility index (Phi) is 7.93. The molecule has 4 rings (SSSR count). The number of hydrogen-bond acceptors (Lipinski definition) is 2. The van der Waals surface area contributed by atoms with E-state index >= 15 is 0 Å². The van der Waals surface area contributed by atoms with Gasteiger partial charge in [0.05, 0.1) is 6.26 Å². The molecule has 168 valence electrons. The Morgan fingerprint density at radius 1 is 1.19 bits per heavy atom. The number of hydrogen-bond donors (Lipinski definition) is 2. The molecule has 0 saturated carbocycles. The predicted molar refractivity (Wildman–Crippen MR) is 134 cm³/mol. The number of aromatic amines is 1. The van der Waals surface area contributed by atoms with Crippen LogP contribution < -0.4 is 0 Å². The minimum absolute atomic E-state index is 0.177. The van der Waals surface area contributed by atoms with Crippen molar-refractivity contribution >= 4 is 22.4 Å². The first-order valence-electron chi connectivity index (χ1n) is 11.4. The van der Waals surface area contributed by atoms with Crippen molar-refractivity contribution in [2.45, 2.75) is 39.5 Å². The molecule has 0 spiro atoms. The summed E-state index contributed by atoms with van der Waals surface area (Å²) < 4.78 is 0. The molecule has 1 amide bonds. The van der Waals surface area contributed by atoms with Crippen molar-refractivity contribution in [1.29, 1.82) is 0 Å². The fourth-order valence-corrected chi connectivity index (χ4v) is 4.52. The van der Waals surface area contributed by atoms with Gasteiger partial charge in [0.2, 0.25) is 0 Å². The Morgan fingerprint density at radius 2 is 1.84 bits per heavy atom. The van der Waals surface area contributed by atoms with Crippen molar-refractivity contribution in [1.82, 2.24) is 9.88 Å². The average molecular weight is 431 g/mol. The molecule has 0 bridgehead atoms. The van der Waals surface area contributed by atoms with Gasteiger partial charge in [-0.15, -0.1) is 0 Å². The predicted octanol–water partition coefficient (Wildman–Crippen LogP) is 6.55. The van der Waals surface area contributed by atoms with E-state index in [1.807, 2.05) is 13.1 Å². The fourth-order valence-electron chi connectivity index (χ4n) is 4.52. The monoisotopic (exact) mass is 430 g/mol. The molecule has 2 N–H and O–H groups in total. The Hall–Kier alpha value is -3.27. The molecule has 2 heterocycles. The maximum atomic E-state index is 13.4. The largest absolute Gasteiger partial charge is 0.516 e. The van der Waals surface area contributed by atoms with E-state index < -0.39 is 0 Å². The number of likely N-dealkylation sites (tertiary alicyclic amines) is 1. The van der Waals surface area contributed by atoms with Crippen molar-refractivity contribution in [2.75, 3.05) is 13.1 Å². The normalized spacial score (nSPS) is 14.0.